The Labute approximate surface area is 307 Å². The van der Waals surface area contributed by atoms with Crippen molar-refractivity contribution < 1.29 is 28.7 Å². The summed E-state index contributed by atoms with van der Waals surface area (Å²) in [6.45, 7) is 8.50. The van der Waals surface area contributed by atoms with E-state index >= 15 is 0 Å². The summed E-state index contributed by atoms with van der Waals surface area (Å²) in [5.41, 5.74) is 0.475. The van der Waals surface area contributed by atoms with Gasteiger partial charge < -0.3 is 14.8 Å². The van der Waals surface area contributed by atoms with Gasteiger partial charge in [-0.2, -0.15) is 0 Å². The molecular weight excluding hydrogens is 668 g/mol. The second kappa shape index (κ2) is 19.7. The van der Waals surface area contributed by atoms with E-state index in [1.807, 2.05) is 6.92 Å². The van der Waals surface area contributed by atoms with Gasteiger partial charge in [-0.3, -0.25) is 14.2 Å². The molecule has 51 heavy (non-hydrogen) atoms. The Bertz CT molecular complexity index is 1650. The lowest BCUT2D eigenvalue weighted by atomic mass is 9.91. The number of ketones is 1. The molecule has 10 nitrogen and oxygen atoms in total. The zero-order valence-electron chi connectivity index (χ0n) is 30.9. The van der Waals surface area contributed by atoms with E-state index in [1.54, 1.807) is 13.0 Å². The molecular formula is C40H55ClN4O6. The van der Waals surface area contributed by atoms with E-state index in [0.29, 0.717) is 31.7 Å². The number of aryl methyl sites for hydroxylation is 1. The maximum atomic E-state index is 14.2. The van der Waals surface area contributed by atoms with Gasteiger partial charge in [-0.05, 0) is 63.3 Å². The summed E-state index contributed by atoms with van der Waals surface area (Å²) in [7, 11) is 0. The van der Waals surface area contributed by atoms with Crippen molar-refractivity contribution in [2.24, 2.45) is 5.41 Å². The zero-order chi connectivity index (χ0) is 36.8. The predicted molar refractivity (Wildman–Crippen MR) is 200 cm³/mol. The number of ether oxygens (including phenoxy) is 2. The number of nitrogens with zero attached hydrogens (tertiary/aromatic N) is 3. The molecule has 11 heteroatoms. The Kier molecular flexibility index (Phi) is 15.5. The van der Waals surface area contributed by atoms with Crippen LogP contribution in [0.4, 0.5) is 5.69 Å². The first-order chi connectivity index (χ1) is 24.7. The van der Waals surface area contributed by atoms with Gasteiger partial charge in [0.1, 0.15) is 11.3 Å². The van der Waals surface area contributed by atoms with Gasteiger partial charge in [0.25, 0.3) is 5.91 Å². The standard InChI is InChI=1S/C40H55ClN4O6/c1-5-8-10-11-12-13-14-15-16-18-26-50-38(48)29-19-20-31(41)32(27-29)44-37(47)34(35(46)40(7-3)22-23-40)45-28(4)43-33-30(21-24-42-36(33)45)39(49)51-25-17-9-6-2/h19-21,24,27,34H,5-18,22-23,25-26H2,1-4H3,(H,44,47). The van der Waals surface area contributed by atoms with Crippen molar-refractivity contribution in [1.82, 2.24) is 14.5 Å². The molecule has 0 bridgehead atoms. The normalized spacial score (nSPS) is 13.9. The topological polar surface area (TPSA) is 129 Å². The first kappa shape index (κ1) is 40.0. The molecule has 1 aliphatic carbocycles. The molecule has 278 valence electrons. The van der Waals surface area contributed by atoms with Crippen LogP contribution < -0.4 is 5.32 Å². The zero-order valence-corrected chi connectivity index (χ0v) is 31.6. The number of nitrogens with one attached hydrogen (secondary N) is 1. The summed E-state index contributed by atoms with van der Waals surface area (Å²) in [5, 5.41) is 3.02. The molecule has 1 atom stereocenters. The number of esters is 2. The highest BCUT2D eigenvalue weighted by Crippen LogP contribution is 2.52. The molecule has 2 heterocycles. The van der Waals surface area contributed by atoms with Gasteiger partial charge in [0.05, 0.1) is 35.1 Å². The number of halogens is 1. The van der Waals surface area contributed by atoms with Gasteiger partial charge in [-0.25, -0.2) is 19.6 Å². The molecule has 4 rings (SSSR count). The first-order valence-corrected chi connectivity index (χ1v) is 19.4. The minimum absolute atomic E-state index is 0.181. The number of rotatable bonds is 23. The molecule has 3 aromatic rings. The van der Waals surface area contributed by atoms with Crippen molar-refractivity contribution >= 4 is 52.1 Å². The number of benzene rings is 1. The number of carbonyl (C=O) groups excluding carboxylic acids is 4. The van der Waals surface area contributed by atoms with E-state index in [0.717, 1.165) is 38.5 Å². The number of aromatic nitrogens is 3. The van der Waals surface area contributed by atoms with Crippen molar-refractivity contribution in [2.45, 2.75) is 136 Å². The van der Waals surface area contributed by atoms with Crippen molar-refractivity contribution in [2.75, 3.05) is 18.5 Å². The SMILES string of the molecule is CCCCCCCCCCCCOC(=O)c1ccc(Cl)c(NC(=O)C(C(=O)C2(CC)CC2)n2c(C)nc3c(C(=O)OCCCCC)ccnc32)c1. The van der Waals surface area contributed by atoms with Crippen LogP contribution in [0.25, 0.3) is 11.2 Å². The molecule has 1 unspecified atom stereocenters. The summed E-state index contributed by atoms with van der Waals surface area (Å²) in [6, 6.07) is 4.74. The maximum Gasteiger partial charge on any atom is 0.340 e. The lowest BCUT2D eigenvalue weighted by Gasteiger charge is -2.23. The number of Topliss-reactive ketones (excluding diaryl/α,β-unsaturated/α-hetero) is 1. The Morgan fingerprint density at radius 1 is 0.843 bits per heavy atom. The number of amides is 1. The second-order valence-corrected chi connectivity index (χ2v) is 14.2. The lowest BCUT2D eigenvalue weighted by Crippen LogP contribution is -2.37. The van der Waals surface area contributed by atoms with Gasteiger partial charge in [0, 0.05) is 11.6 Å². The minimum Gasteiger partial charge on any atom is -0.462 e. The molecule has 0 radical (unpaired) electrons. The Morgan fingerprint density at radius 3 is 2.06 bits per heavy atom. The summed E-state index contributed by atoms with van der Waals surface area (Å²) in [4.78, 5) is 63.5. The van der Waals surface area contributed by atoms with E-state index in [2.05, 4.69) is 29.1 Å². The quantitative estimate of drug-likeness (QED) is 0.0582. The van der Waals surface area contributed by atoms with E-state index in [4.69, 9.17) is 21.1 Å². The van der Waals surface area contributed by atoms with E-state index in [-0.39, 0.29) is 45.4 Å². The molecule has 0 saturated heterocycles. The number of imidazole rings is 1. The van der Waals surface area contributed by atoms with Crippen LogP contribution in [0.1, 0.15) is 156 Å². The molecule has 1 fully saturated rings. The highest BCUT2D eigenvalue weighted by atomic mass is 35.5. The third kappa shape index (κ3) is 10.6. The molecule has 1 N–H and O–H groups in total. The largest absolute Gasteiger partial charge is 0.462 e. The van der Waals surface area contributed by atoms with Crippen LogP contribution in [0.2, 0.25) is 5.02 Å². The fraction of sp³-hybridized carbons (Fsp3) is 0.600. The average Bonchev–Trinajstić information content (AvgIpc) is 3.86. The molecule has 1 aliphatic rings. The number of anilines is 1. The summed E-state index contributed by atoms with van der Waals surface area (Å²) < 4.78 is 12.5. The molecule has 0 spiro atoms. The number of hydrogen-bond donors (Lipinski definition) is 1. The van der Waals surface area contributed by atoms with Crippen LogP contribution in [-0.2, 0) is 19.1 Å². The van der Waals surface area contributed by atoms with Crippen molar-refractivity contribution in [3.8, 4) is 0 Å². The van der Waals surface area contributed by atoms with Gasteiger partial charge in [-0.1, -0.05) is 103 Å². The van der Waals surface area contributed by atoms with Crippen LogP contribution >= 0.6 is 11.6 Å². The number of pyridine rings is 1. The molecule has 1 aromatic carbocycles. The summed E-state index contributed by atoms with van der Waals surface area (Å²) in [6.07, 6.45) is 17.9. The van der Waals surface area contributed by atoms with Gasteiger partial charge in [0.2, 0.25) is 0 Å². The van der Waals surface area contributed by atoms with Crippen LogP contribution in [-0.4, -0.2) is 51.4 Å². The van der Waals surface area contributed by atoms with E-state index in [1.165, 1.54) is 73.9 Å². The van der Waals surface area contributed by atoms with E-state index < -0.39 is 29.3 Å². The Morgan fingerprint density at radius 2 is 1.43 bits per heavy atom. The first-order valence-electron chi connectivity index (χ1n) is 19.0. The van der Waals surface area contributed by atoms with Crippen molar-refractivity contribution in [1.29, 1.82) is 0 Å². The molecule has 2 aromatic heterocycles. The summed E-state index contributed by atoms with van der Waals surface area (Å²) >= 11 is 6.51. The predicted octanol–water partition coefficient (Wildman–Crippen LogP) is 9.76. The smallest absolute Gasteiger partial charge is 0.340 e. The fourth-order valence-electron chi connectivity index (χ4n) is 6.52. The van der Waals surface area contributed by atoms with Crippen LogP contribution in [0.3, 0.4) is 0 Å². The lowest BCUT2D eigenvalue weighted by molar-refractivity contribution is -0.133. The minimum atomic E-state index is -1.34. The van der Waals surface area contributed by atoms with Gasteiger partial charge in [-0.15, -0.1) is 0 Å². The fourth-order valence-corrected chi connectivity index (χ4v) is 6.69. The maximum absolute atomic E-state index is 14.2. The molecule has 1 amide bonds. The second-order valence-electron chi connectivity index (χ2n) is 13.8. The van der Waals surface area contributed by atoms with Gasteiger partial charge in [0.15, 0.2) is 17.5 Å². The van der Waals surface area contributed by atoms with Crippen molar-refractivity contribution in [3.63, 3.8) is 0 Å². The van der Waals surface area contributed by atoms with E-state index in [9.17, 15) is 19.2 Å². The number of carbonyl (C=O) groups is 4. The Balaban J connectivity index is 1.47. The highest BCUT2D eigenvalue weighted by Gasteiger charge is 2.53. The summed E-state index contributed by atoms with van der Waals surface area (Å²) in [5.74, 6) is -1.61. The number of hydrogen-bond acceptors (Lipinski definition) is 8. The number of unbranched alkanes of at least 4 members (excludes halogenated alkanes) is 11. The Hall–Kier alpha value is -3.79. The van der Waals surface area contributed by atoms with Gasteiger partial charge >= 0.3 is 11.9 Å². The van der Waals surface area contributed by atoms with Crippen LogP contribution in [0.15, 0.2) is 30.5 Å². The molecule has 0 aliphatic heterocycles. The van der Waals surface area contributed by atoms with Crippen LogP contribution in [0.5, 0.6) is 0 Å². The highest BCUT2D eigenvalue weighted by molar-refractivity contribution is 6.34. The third-order valence-corrected chi connectivity index (χ3v) is 10.3. The third-order valence-electron chi connectivity index (χ3n) is 9.96. The average molecular weight is 723 g/mol. The molecule has 1 saturated carbocycles. The van der Waals surface area contributed by atoms with Crippen molar-refractivity contribution in [3.05, 3.63) is 52.4 Å². The van der Waals surface area contributed by atoms with Crippen LogP contribution in [0, 0.1) is 12.3 Å². The monoisotopic (exact) mass is 722 g/mol. The number of fused-ring (bicyclic) bond motifs is 1.